The van der Waals surface area contributed by atoms with Crippen molar-refractivity contribution in [3.8, 4) is 0 Å². The molecule has 4 rings (SSSR count). The lowest BCUT2D eigenvalue weighted by molar-refractivity contribution is -0.150. The lowest BCUT2D eigenvalue weighted by Crippen LogP contribution is -2.74. The Morgan fingerprint density at radius 3 is 2.13 bits per heavy atom. The number of Topliss-reactive ketones (excluding diaryl/α,β-unsaturated/α-hetero) is 1. The first-order chi connectivity index (χ1) is 14.6. The zero-order valence-corrected chi connectivity index (χ0v) is 18.9. The van der Waals surface area contributed by atoms with E-state index in [-0.39, 0.29) is 35.9 Å². The second-order valence-electron chi connectivity index (χ2n) is 11.0. The number of aliphatic hydroxyl groups is 2. The van der Waals surface area contributed by atoms with Crippen LogP contribution in [0, 0.1) is 11.3 Å². The highest BCUT2D eigenvalue weighted by Crippen LogP contribution is 2.53. The van der Waals surface area contributed by atoms with Gasteiger partial charge >= 0.3 is 0 Å². The second kappa shape index (κ2) is 8.04. The molecule has 3 heterocycles. The van der Waals surface area contributed by atoms with E-state index in [4.69, 9.17) is 11.5 Å². The summed E-state index contributed by atoms with van der Waals surface area (Å²) >= 11 is 0. The zero-order valence-electron chi connectivity index (χ0n) is 18.9. The SMILES string of the molecule is CN1CCCC12CN([C@@H](CO)C(=O)C1CCC1(C)CC1(N)CN([C@@H](CO)C(N)=O)C1)C2. The minimum Gasteiger partial charge on any atom is -0.394 e. The number of rotatable bonds is 9. The normalized spacial score (nSPS) is 34.5. The van der Waals surface area contributed by atoms with Crippen LogP contribution in [0.15, 0.2) is 0 Å². The van der Waals surface area contributed by atoms with Crippen LogP contribution in [-0.2, 0) is 9.59 Å². The Hall–Kier alpha value is -1.10. The fourth-order valence-electron chi connectivity index (χ4n) is 6.78. The molecule has 1 saturated carbocycles. The van der Waals surface area contributed by atoms with Crippen LogP contribution < -0.4 is 11.5 Å². The average Bonchev–Trinajstić information content (AvgIpc) is 3.01. The first-order valence-corrected chi connectivity index (χ1v) is 11.6. The summed E-state index contributed by atoms with van der Waals surface area (Å²) in [6.45, 7) is 5.48. The van der Waals surface area contributed by atoms with Crippen LogP contribution in [0.4, 0.5) is 0 Å². The second-order valence-corrected chi connectivity index (χ2v) is 11.0. The molecule has 0 aromatic heterocycles. The summed E-state index contributed by atoms with van der Waals surface area (Å²) in [7, 11) is 2.16. The van der Waals surface area contributed by atoms with Crippen LogP contribution in [-0.4, -0.2) is 113 Å². The largest absolute Gasteiger partial charge is 0.394 e. The van der Waals surface area contributed by atoms with Crippen molar-refractivity contribution < 1.29 is 19.8 Å². The Bertz CT molecular complexity index is 721. The maximum absolute atomic E-state index is 13.4. The van der Waals surface area contributed by atoms with Gasteiger partial charge in [-0.25, -0.2) is 0 Å². The van der Waals surface area contributed by atoms with Crippen molar-refractivity contribution in [3.63, 3.8) is 0 Å². The number of carbonyl (C=O) groups excluding carboxylic acids is 2. The van der Waals surface area contributed by atoms with Crippen molar-refractivity contribution in [1.82, 2.24) is 14.7 Å². The molecule has 1 amide bonds. The molecule has 1 aliphatic carbocycles. The van der Waals surface area contributed by atoms with Crippen LogP contribution in [0.1, 0.15) is 39.0 Å². The number of hydrogen-bond acceptors (Lipinski definition) is 8. The molecule has 9 nitrogen and oxygen atoms in total. The molecule has 0 aromatic rings. The van der Waals surface area contributed by atoms with Gasteiger partial charge in [-0.1, -0.05) is 6.92 Å². The molecule has 176 valence electrons. The highest BCUT2D eigenvalue weighted by Gasteiger charge is 2.57. The van der Waals surface area contributed by atoms with E-state index in [1.54, 1.807) is 0 Å². The summed E-state index contributed by atoms with van der Waals surface area (Å²) in [5.41, 5.74) is 11.5. The highest BCUT2D eigenvalue weighted by molar-refractivity contribution is 5.88. The molecular weight excluding hydrogens is 398 g/mol. The summed E-state index contributed by atoms with van der Waals surface area (Å²) < 4.78 is 0. The Morgan fingerprint density at radius 2 is 1.68 bits per heavy atom. The topological polar surface area (TPSA) is 136 Å². The summed E-state index contributed by atoms with van der Waals surface area (Å²) in [6.07, 6.45) is 4.83. The van der Waals surface area contributed by atoms with Crippen molar-refractivity contribution in [2.24, 2.45) is 22.8 Å². The third kappa shape index (κ3) is 3.83. The Morgan fingerprint density at radius 1 is 1.06 bits per heavy atom. The van der Waals surface area contributed by atoms with Gasteiger partial charge in [-0.15, -0.1) is 0 Å². The molecule has 6 N–H and O–H groups in total. The van der Waals surface area contributed by atoms with Gasteiger partial charge in [-0.3, -0.25) is 24.3 Å². The number of aliphatic hydroxyl groups excluding tert-OH is 2. The van der Waals surface area contributed by atoms with Crippen molar-refractivity contribution in [1.29, 1.82) is 0 Å². The monoisotopic (exact) mass is 437 g/mol. The van der Waals surface area contributed by atoms with Crippen LogP contribution in [0.2, 0.25) is 0 Å². The van der Waals surface area contributed by atoms with E-state index >= 15 is 0 Å². The van der Waals surface area contributed by atoms with E-state index in [0.29, 0.717) is 19.5 Å². The van der Waals surface area contributed by atoms with E-state index in [1.807, 2.05) is 4.90 Å². The molecule has 0 aromatic carbocycles. The summed E-state index contributed by atoms with van der Waals surface area (Å²) in [5, 5.41) is 19.5. The van der Waals surface area contributed by atoms with Gasteiger partial charge in [0.2, 0.25) is 5.91 Å². The minimum atomic E-state index is -0.700. The maximum Gasteiger partial charge on any atom is 0.237 e. The summed E-state index contributed by atoms with van der Waals surface area (Å²) in [5.74, 6) is -0.489. The van der Waals surface area contributed by atoms with Gasteiger partial charge in [0.05, 0.1) is 19.3 Å². The van der Waals surface area contributed by atoms with E-state index in [1.165, 1.54) is 12.8 Å². The number of likely N-dealkylation sites (tertiary alicyclic amines) is 3. The zero-order chi connectivity index (χ0) is 22.6. The number of nitrogens with zero attached hydrogens (tertiary/aromatic N) is 3. The van der Waals surface area contributed by atoms with Gasteiger partial charge in [0.15, 0.2) is 5.78 Å². The smallest absolute Gasteiger partial charge is 0.237 e. The first-order valence-electron chi connectivity index (χ1n) is 11.6. The molecule has 31 heavy (non-hydrogen) atoms. The number of ketones is 1. The fraction of sp³-hybridized carbons (Fsp3) is 0.909. The predicted molar refractivity (Wildman–Crippen MR) is 116 cm³/mol. The van der Waals surface area contributed by atoms with Crippen LogP contribution in [0.25, 0.3) is 0 Å². The summed E-state index contributed by atoms with van der Waals surface area (Å²) in [6, 6.07) is -1.13. The lowest BCUT2D eigenvalue weighted by Gasteiger charge is -2.58. The molecular formula is C22H39N5O4. The van der Waals surface area contributed by atoms with Crippen molar-refractivity contribution in [2.45, 2.75) is 62.2 Å². The summed E-state index contributed by atoms with van der Waals surface area (Å²) in [4.78, 5) is 31.3. The number of likely N-dealkylation sites (N-methyl/N-ethyl adjacent to an activating group) is 1. The minimum absolute atomic E-state index is 0.0956. The number of primary amides is 1. The first kappa shape index (κ1) is 23.1. The van der Waals surface area contributed by atoms with Crippen LogP contribution in [0.5, 0.6) is 0 Å². The number of hydrogen-bond donors (Lipinski definition) is 4. The van der Waals surface area contributed by atoms with Crippen LogP contribution in [0.3, 0.4) is 0 Å². The number of nitrogens with two attached hydrogens (primary N) is 2. The molecule has 9 heteroatoms. The third-order valence-electron chi connectivity index (χ3n) is 8.81. The van der Waals surface area contributed by atoms with E-state index in [2.05, 4.69) is 23.8 Å². The molecule has 0 bridgehead atoms. The standard InChI is InChI=1S/C22H39N5O4/c1-20(10-21(24)11-26(12-21)17(9-29)19(23)31)6-4-15(20)18(30)16(8-28)27-13-22(14-27)5-3-7-25(22)2/h15-17,28-29H,3-14,24H2,1-2H3,(H2,23,31)/t15?,16-,17-,20?/m0/s1. The molecule has 0 radical (unpaired) electrons. The van der Waals surface area contributed by atoms with E-state index in [9.17, 15) is 19.8 Å². The maximum atomic E-state index is 13.4. The molecule has 3 saturated heterocycles. The van der Waals surface area contributed by atoms with Gasteiger partial charge in [-0.05, 0) is 51.1 Å². The van der Waals surface area contributed by atoms with Gasteiger partial charge in [0, 0.05) is 43.2 Å². The Balaban J connectivity index is 1.35. The van der Waals surface area contributed by atoms with Gasteiger partial charge < -0.3 is 21.7 Å². The molecule has 2 unspecified atom stereocenters. The number of carbonyl (C=O) groups is 2. The molecule has 4 fully saturated rings. The van der Waals surface area contributed by atoms with Crippen molar-refractivity contribution in [3.05, 3.63) is 0 Å². The van der Waals surface area contributed by atoms with E-state index in [0.717, 1.165) is 32.5 Å². The van der Waals surface area contributed by atoms with Crippen molar-refractivity contribution in [2.75, 3.05) is 53.0 Å². The average molecular weight is 438 g/mol. The van der Waals surface area contributed by atoms with Crippen LogP contribution >= 0.6 is 0 Å². The highest BCUT2D eigenvalue weighted by atomic mass is 16.3. The third-order valence-corrected chi connectivity index (χ3v) is 8.81. The molecule has 3 aliphatic heterocycles. The molecule has 4 atom stereocenters. The predicted octanol–water partition coefficient (Wildman–Crippen LogP) is -1.64. The quantitative estimate of drug-likeness (QED) is 0.337. The molecule has 1 spiro atoms. The van der Waals surface area contributed by atoms with Crippen molar-refractivity contribution >= 4 is 11.7 Å². The molecule has 4 aliphatic rings. The van der Waals surface area contributed by atoms with Gasteiger partial charge in [0.25, 0.3) is 0 Å². The Labute approximate surface area is 184 Å². The number of amides is 1. The Kier molecular flexibility index (Phi) is 5.98. The van der Waals surface area contributed by atoms with Gasteiger partial charge in [0.1, 0.15) is 6.04 Å². The van der Waals surface area contributed by atoms with E-state index < -0.39 is 23.5 Å². The van der Waals surface area contributed by atoms with Gasteiger partial charge in [-0.2, -0.15) is 0 Å². The lowest BCUT2D eigenvalue weighted by atomic mass is 9.54. The fourth-order valence-corrected chi connectivity index (χ4v) is 6.78.